The third-order valence-electron chi connectivity index (χ3n) is 2.45. The molecule has 0 aliphatic rings. The zero-order chi connectivity index (χ0) is 12.0. The number of halogens is 1. The van der Waals surface area contributed by atoms with Gasteiger partial charge >= 0.3 is 0 Å². The van der Waals surface area contributed by atoms with Gasteiger partial charge in [-0.1, -0.05) is 6.07 Å². The van der Waals surface area contributed by atoms with Crippen molar-refractivity contribution < 1.29 is 9.84 Å². The standard InChI is InChI=1S/C12H18BrNO2/c1-9(14-2)10-4-5-12(11(13)8-10)16-7-3-6-15/h4-5,8-9,14-15H,3,6-7H2,1-2H3. The highest BCUT2D eigenvalue weighted by atomic mass is 79.9. The molecule has 1 aromatic rings. The van der Waals surface area contributed by atoms with Gasteiger partial charge in [-0.3, -0.25) is 0 Å². The molecule has 0 radical (unpaired) electrons. The Morgan fingerprint density at radius 1 is 1.50 bits per heavy atom. The van der Waals surface area contributed by atoms with E-state index in [9.17, 15) is 0 Å². The van der Waals surface area contributed by atoms with Gasteiger partial charge in [0, 0.05) is 19.1 Å². The summed E-state index contributed by atoms with van der Waals surface area (Å²) in [4.78, 5) is 0. The number of rotatable bonds is 6. The largest absolute Gasteiger partial charge is 0.492 e. The van der Waals surface area contributed by atoms with Crippen LogP contribution in [0.15, 0.2) is 22.7 Å². The fraction of sp³-hybridized carbons (Fsp3) is 0.500. The Morgan fingerprint density at radius 2 is 2.25 bits per heavy atom. The molecule has 1 unspecified atom stereocenters. The summed E-state index contributed by atoms with van der Waals surface area (Å²) in [6, 6.07) is 6.36. The smallest absolute Gasteiger partial charge is 0.133 e. The van der Waals surface area contributed by atoms with E-state index in [4.69, 9.17) is 9.84 Å². The second-order valence-corrected chi connectivity index (χ2v) is 4.48. The number of benzene rings is 1. The van der Waals surface area contributed by atoms with Crippen LogP contribution in [0.1, 0.15) is 24.9 Å². The van der Waals surface area contributed by atoms with Crippen molar-refractivity contribution in [1.82, 2.24) is 5.32 Å². The lowest BCUT2D eigenvalue weighted by Crippen LogP contribution is -2.12. The van der Waals surface area contributed by atoms with E-state index in [-0.39, 0.29) is 6.61 Å². The molecule has 0 saturated heterocycles. The normalized spacial score (nSPS) is 12.5. The predicted octanol–water partition coefficient (Wildman–Crippen LogP) is 2.49. The molecule has 1 atom stereocenters. The third kappa shape index (κ3) is 3.77. The molecule has 0 fully saturated rings. The van der Waals surface area contributed by atoms with Gasteiger partial charge in [0.15, 0.2) is 0 Å². The molecule has 4 heteroatoms. The SMILES string of the molecule is CNC(C)c1ccc(OCCCO)c(Br)c1. The van der Waals surface area contributed by atoms with E-state index in [1.54, 1.807) is 0 Å². The molecule has 0 spiro atoms. The Bertz CT molecular complexity index is 331. The number of aliphatic hydroxyl groups excluding tert-OH is 1. The summed E-state index contributed by atoms with van der Waals surface area (Å²) in [5, 5.41) is 11.8. The number of aliphatic hydroxyl groups is 1. The molecule has 1 rings (SSSR count). The van der Waals surface area contributed by atoms with Gasteiger partial charge in [-0.25, -0.2) is 0 Å². The average Bonchev–Trinajstić information content (AvgIpc) is 2.30. The summed E-state index contributed by atoms with van der Waals surface area (Å²) in [5.74, 6) is 0.820. The second-order valence-electron chi connectivity index (χ2n) is 3.63. The Hall–Kier alpha value is -0.580. The van der Waals surface area contributed by atoms with Crippen molar-refractivity contribution in [3.8, 4) is 5.75 Å². The lowest BCUT2D eigenvalue weighted by molar-refractivity contribution is 0.233. The maximum absolute atomic E-state index is 8.66. The van der Waals surface area contributed by atoms with Crippen LogP contribution >= 0.6 is 15.9 Å². The first-order chi connectivity index (χ1) is 7.69. The molecular weight excluding hydrogens is 270 g/mol. The fourth-order valence-corrected chi connectivity index (χ4v) is 1.83. The Kier molecular flexibility index (Phi) is 5.80. The van der Waals surface area contributed by atoms with Crippen molar-refractivity contribution in [2.75, 3.05) is 20.3 Å². The zero-order valence-electron chi connectivity index (χ0n) is 9.66. The summed E-state index contributed by atoms with van der Waals surface area (Å²) in [6.45, 7) is 2.80. The molecule has 2 N–H and O–H groups in total. The van der Waals surface area contributed by atoms with Gasteiger partial charge in [0.05, 0.1) is 11.1 Å². The Morgan fingerprint density at radius 3 is 2.81 bits per heavy atom. The minimum absolute atomic E-state index is 0.159. The Labute approximate surface area is 105 Å². The van der Waals surface area contributed by atoms with Crippen LogP contribution < -0.4 is 10.1 Å². The lowest BCUT2D eigenvalue weighted by atomic mass is 10.1. The second kappa shape index (κ2) is 6.89. The van der Waals surface area contributed by atoms with Gasteiger partial charge < -0.3 is 15.2 Å². The summed E-state index contributed by atoms with van der Waals surface area (Å²) >= 11 is 3.48. The lowest BCUT2D eigenvalue weighted by Gasteiger charge is -2.13. The zero-order valence-corrected chi connectivity index (χ0v) is 11.3. The van der Waals surface area contributed by atoms with Crippen molar-refractivity contribution in [2.45, 2.75) is 19.4 Å². The van der Waals surface area contributed by atoms with Gasteiger partial charge in [0.25, 0.3) is 0 Å². The van der Waals surface area contributed by atoms with E-state index >= 15 is 0 Å². The van der Waals surface area contributed by atoms with E-state index in [0.717, 1.165) is 10.2 Å². The van der Waals surface area contributed by atoms with E-state index in [1.165, 1.54) is 5.56 Å². The van der Waals surface area contributed by atoms with Crippen molar-refractivity contribution in [3.63, 3.8) is 0 Å². The molecule has 3 nitrogen and oxygen atoms in total. The van der Waals surface area contributed by atoms with Crippen LogP contribution in [0.2, 0.25) is 0 Å². The van der Waals surface area contributed by atoms with Crippen molar-refractivity contribution in [2.24, 2.45) is 0 Å². The summed E-state index contributed by atoms with van der Waals surface area (Å²) in [6.07, 6.45) is 0.654. The predicted molar refractivity (Wildman–Crippen MR) is 68.8 cm³/mol. The molecule has 0 bridgehead atoms. The van der Waals surface area contributed by atoms with Crippen LogP contribution in [0.25, 0.3) is 0 Å². The van der Waals surface area contributed by atoms with E-state index in [2.05, 4.69) is 34.2 Å². The van der Waals surface area contributed by atoms with E-state index in [1.807, 2.05) is 19.2 Å². The third-order valence-corrected chi connectivity index (χ3v) is 3.07. The highest BCUT2D eigenvalue weighted by Gasteiger charge is 2.06. The van der Waals surface area contributed by atoms with Crippen LogP contribution in [0, 0.1) is 0 Å². The molecule has 0 aliphatic heterocycles. The minimum Gasteiger partial charge on any atom is -0.492 e. The van der Waals surface area contributed by atoms with Crippen molar-refractivity contribution in [3.05, 3.63) is 28.2 Å². The molecule has 16 heavy (non-hydrogen) atoms. The van der Waals surface area contributed by atoms with Gasteiger partial charge in [-0.15, -0.1) is 0 Å². The molecule has 1 aromatic carbocycles. The van der Waals surface area contributed by atoms with E-state index < -0.39 is 0 Å². The molecule has 0 aliphatic carbocycles. The summed E-state index contributed by atoms with van der Waals surface area (Å²) in [7, 11) is 1.93. The van der Waals surface area contributed by atoms with Gasteiger partial charge in [0.2, 0.25) is 0 Å². The van der Waals surface area contributed by atoms with Crippen LogP contribution in [0.5, 0.6) is 5.75 Å². The minimum atomic E-state index is 0.159. The molecule has 0 saturated carbocycles. The molecule has 0 amide bonds. The summed E-state index contributed by atoms with van der Waals surface area (Å²) < 4.78 is 6.47. The monoisotopic (exact) mass is 287 g/mol. The number of ether oxygens (including phenoxy) is 1. The maximum atomic E-state index is 8.66. The average molecular weight is 288 g/mol. The Balaban J connectivity index is 2.67. The number of nitrogens with one attached hydrogen (secondary N) is 1. The molecule has 0 heterocycles. The quantitative estimate of drug-likeness (QED) is 0.790. The van der Waals surface area contributed by atoms with Crippen LogP contribution in [0.3, 0.4) is 0 Å². The van der Waals surface area contributed by atoms with Crippen molar-refractivity contribution >= 4 is 15.9 Å². The fourth-order valence-electron chi connectivity index (χ4n) is 1.32. The first-order valence-corrected chi connectivity index (χ1v) is 6.18. The highest BCUT2D eigenvalue weighted by Crippen LogP contribution is 2.28. The van der Waals surface area contributed by atoms with Crippen LogP contribution in [-0.2, 0) is 0 Å². The van der Waals surface area contributed by atoms with Crippen molar-refractivity contribution in [1.29, 1.82) is 0 Å². The van der Waals surface area contributed by atoms with Crippen LogP contribution in [-0.4, -0.2) is 25.4 Å². The van der Waals surface area contributed by atoms with Gasteiger partial charge in [-0.2, -0.15) is 0 Å². The summed E-state index contributed by atoms with van der Waals surface area (Å²) in [5.41, 5.74) is 1.21. The molecule has 0 aromatic heterocycles. The highest BCUT2D eigenvalue weighted by molar-refractivity contribution is 9.10. The van der Waals surface area contributed by atoms with Gasteiger partial charge in [-0.05, 0) is 47.6 Å². The molecule has 90 valence electrons. The number of hydrogen-bond donors (Lipinski definition) is 2. The first-order valence-electron chi connectivity index (χ1n) is 5.39. The van der Waals surface area contributed by atoms with Crippen LogP contribution in [0.4, 0.5) is 0 Å². The topological polar surface area (TPSA) is 41.5 Å². The maximum Gasteiger partial charge on any atom is 0.133 e. The molecular formula is C12H18BrNO2. The van der Waals surface area contributed by atoms with Gasteiger partial charge in [0.1, 0.15) is 5.75 Å². The number of hydrogen-bond acceptors (Lipinski definition) is 3. The first kappa shape index (κ1) is 13.5. The van der Waals surface area contributed by atoms with E-state index in [0.29, 0.717) is 19.1 Å².